The smallest absolute Gasteiger partial charge is 0.236 e. The number of ether oxygens (including phenoxy) is 1. The number of carbonyl (C=O) groups excluding carboxylic acids is 1. The number of amides is 1. The zero-order chi connectivity index (χ0) is 17.9. The van der Waals surface area contributed by atoms with E-state index in [1.165, 1.54) is 37.0 Å². The lowest BCUT2D eigenvalue weighted by Gasteiger charge is -2.07. The van der Waals surface area contributed by atoms with Crippen LogP contribution in [0.5, 0.6) is 5.75 Å². The molecule has 0 atom stereocenters. The molecule has 1 saturated carbocycles. The molecule has 8 heteroatoms. The highest BCUT2D eigenvalue weighted by Crippen LogP contribution is 2.29. The standard InChI is InChI=1S/C18H21N5O2S/c1-25-14-9-7-13(8-10-14)16-20-21-18-23(16)22-17(26-18)19-15(24)11-6-12-4-2-3-5-12/h7-10,12H,2-6,11H2,1H3,(H,19,22,24). The van der Waals surface area contributed by atoms with E-state index < -0.39 is 0 Å². The molecule has 2 heterocycles. The first-order chi connectivity index (χ1) is 12.7. The Morgan fingerprint density at radius 1 is 1.27 bits per heavy atom. The fourth-order valence-electron chi connectivity index (χ4n) is 3.40. The van der Waals surface area contributed by atoms with Crippen LogP contribution in [0.15, 0.2) is 24.3 Å². The van der Waals surface area contributed by atoms with Crippen molar-refractivity contribution in [1.29, 1.82) is 0 Å². The molecule has 0 radical (unpaired) electrons. The van der Waals surface area contributed by atoms with Crippen molar-refractivity contribution in [1.82, 2.24) is 19.8 Å². The van der Waals surface area contributed by atoms with Crippen LogP contribution < -0.4 is 10.1 Å². The van der Waals surface area contributed by atoms with Gasteiger partial charge in [-0.15, -0.1) is 15.3 Å². The molecule has 26 heavy (non-hydrogen) atoms. The molecule has 7 nitrogen and oxygen atoms in total. The molecular weight excluding hydrogens is 350 g/mol. The van der Waals surface area contributed by atoms with Crippen molar-refractivity contribution < 1.29 is 9.53 Å². The SMILES string of the molecule is COc1ccc(-c2nnc3sc(NC(=O)CCC4CCCC4)nn23)cc1. The van der Waals surface area contributed by atoms with Crippen LogP contribution in [0.1, 0.15) is 38.5 Å². The largest absolute Gasteiger partial charge is 0.497 e. The molecule has 3 aromatic rings. The van der Waals surface area contributed by atoms with Crippen LogP contribution in [-0.4, -0.2) is 32.8 Å². The molecule has 0 spiro atoms. The molecule has 0 saturated heterocycles. The van der Waals surface area contributed by atoms with Crippen LogP contribution in [-0.2, 0) is 4.79 Å². The van der Waals surface area contributed by atoms with Crippen LogP contribution in [0, 0.1) is 5.92 Å². The van der Waals surface area contributed by atoms with Crippen molar-refractivity contribution in [2.24, 2.45) is 5.92 Å². The number of methoxy groups -OCH3 is 1. The third-order valence-electron chi connectivity index (χ3n) is 4.84. The molecule has 0 aliphatic heterocycles. The summed E-state index contributed by atoms with van der Waals surface area (Å²) >= 11 is 1.33. The van der Waals surface area contributed by atoms with E-state index in [1.54, 1.807) is 11.6 Å². The number of anilines is 1. The van der Waals surface area contributed by atoms with Gasteiger partial charge in [-0.05, 0) is 36.6 Å². The van der Waals surface area contributed by atoms with Gasteiger partial charge in [-0.1, -0.05) is 37.0 Å². The Labute approximate surface area is 155 Å². The van der Waals surface area contributed by atoms with Crippen LogP contribution >= 0.6 is 11.3 Å². The quantitative estimate of drug-likeness (QED) is 0.713. The topological polar surface area (TPSA) is 81.4 Å². The van der Waals surface area contributed by atoms with Crippen molar-refractivity contribution in [3.63, 3.8) is 0 Å². The van der Waals surface area contributed by atoms with Crippen molar-refractivity contribution in [2.75, 3.05) is 12.4 Å². The number of carbonyl (C=O) groups is 1. The number of hydrogen-bond donors (Lipinski definition) is 1. The summed E-state index contributed by atoms with van der Waals surface area (Å²) in [5.41, 5.74) is 0.891. The van der Waals surface area contributed by atoms with E-state index in [0.717, 1.165) is 17.7 Å². The van der Waals surface area contributed by atoms with Gasteiger partial charge in [0.15, 0.2) is 5.82 Å². The van der Waals surface area contributed by atoms with Crippen LogP contribution in [0.3, 0.4) is 0 Å². The first-order valence-electron chi connectivity index (χ1n) is 8.89. The molecule has 1 amide bonds. The van der Waals surface area contributed by atoms with Crippen LogP contribution in [0.25, 0.3) is 16.3 Å². The molecular formula is C18H21N5O2S. The molecule has 2 aromatic heterocycles. The van der Waals surface area contributed by atoms with Crippen molar-refractivity contribution in [2.45, 2.75) is 38.5 Å². The Morgan fingerprint density at radius 3 is 2.77 bits per heavy atom. The van der Waals surface area contributed by atoms with E-state index in [2.05, 4.69) is 20.6 Å². The third kappa shape index (κ3) is 3.55. The Morgan fingerprint density at radius 2 is 2.04 bits per heavy atom. The second-order valence-electron chi connectivity index (χ2n) is 6.59. The lowest BCUT2D eigenvalue weighted by atomic mass is 10.0. The summed E-state index contributed by atoms with van der Waals surface area (Å²) < 4.78 is 6.84. The summed E-state index contributed by atoms with van der Waals surface area (Å²) in [6, 6.07) is 7.56. The fraction of sp³-hybridized carbons (Fsp3) is 0.444. The molecule has 4 rings (SSSR count). The van der Waals surface area contributed by atoms with Gasteiger partial charge < -0.3 is 10.1 Å². The molecule has 1 aliphatic rings. The first kappa shape index (κ1) is 17.0. The summed E-state index contributed by atoms with van der Waals surface area (Å²) in [6.45, 7) is 0. The molecule has 0 unspecified atom stereocenters. The monoisotopic (exact) mass is 371 g/mol. The lowest BCUT2D eigenvalue weighted by molar-refractivity contribution is -0.116. The van der Waals surface area contributed by atoms with E-state index in [1.807, 2.05) is 24.3 Å². The molecule has 136 valence electrons. The average molecular weight is 371 g/mol. The van der Waals surface area contributed by atoms with E-state index in [9.17, 15) is 4.79 Å². The van der Waals surface area contributed by atoms with Gasteiger partial charge in [0.05, 0.1) is 7.11 Å². The number of benzene rings is 1. The molecule has 1 fully saturated rings. The zero-order valence-corrected chi connectivity index (χ0v) is 15.5. The number of hydrogen-bond acceptors (Lipinski definition) is 6. The van der Waals surface area contributed by atoms with Gasteiger partial charge in [-0.2, -0.15) is 4.52 Å². The van der Waals surface area contributed by atoms with Gasteiger partial charge >= 0.3 is 0 Å². The Hall–Kier alpha value is -2.48. The second-order valence-corrected chi connectivity index (χ2v) is 7.55. The predicted molar refractivity (Wildman–Crippen MR) is 100 cm³/mol. The summed E-state index contributed by atoms with van der Waals surface area (Å²) in [5, 5.41) is 16.3. The third-order valence-corrected chi connectivity index (χ3v) is 5.65. The first-order valence-corrected chi connectivity index (χ1v) is 9.71. The van der Waals surface area contributed by atoms with E-state index in [0.29, 0.717) is 28.3 Å². The Kier molecular flexibility index (Phi) is 4.83. The van der Waals surface area contributed by atoms with Gasteiger partial charge in [0, 0.05) is 12.0 Å². The minimum absolute atomic E-state index is 0.0212. The summed E-state index contributed by atoms with van der Waals surface area (Å²) in [6.07, 6.45) is 6.64. The van der Waals surface area contributed by atoms with E-state index >= 15 is 0 Å². The maximum Gasteiger partial charge on any atom is 0.236 e. The second kappa shape index (κ2) is 7.41. The van der Waals surface area contributed by atoms with Crippen molar-refractivity contribution in [3.8, 4) is 17.1 Å². The van der Waals surface area contributed by atoms with Crippen molar-refractivity contribution in [3.05, 3.63) is 24.3 Å². The van der Waals surface area contributed by atoms with Gasteiger partial charge in [0.2, 0.25) is 16.0 Å². The molecule has 0 bridgehead atoms. The normalized spacial score (nSPS) is 14.8. The molecule has 1 N–H and O–H groups in total. The van der Waals surface area contributed by atoms with Gasteiger partial charge in [0.25, 0.3) is 0 Å². The average Bonchev–Trinajstić information content (AvgIpc) is 3.37. The van der Waals surface area contributed by atoms with Crippen LogP contribution in [0.4, 0.5) is 5.13 Å². The summed E-state index contributed by atoms with van der Waals surface area (Å²) in [7, 11) is 1.63. The van der Waals surface area contributed by atoms with Gasteiger partial charge in [-0.25, -0.2) is 0 Å². The highest BCUT2D eigenvalue weighted by Gasteiger charge is 2.18. The van der Waals surface area contributed by atoms with E-state index in [-0.39, 0.29) is 5.91 Å². The highest BCUT2D eigenvalue weighted by molar-refractivity contribution is 7.20. The number of fused-ring (bicyclic) bond motifs is 1. The number of nitrogens with one attached hydrogen (secondary N) is 1. The predicted octanol–water partition coefficient (Wildman–Crippen LogP) is 3.77. The number of rotatable bonds is 6. The van der Waals surface area contributed by atoms with E-state index in [4.69, 9.17) is 4.74 Å². The zero-order valence-electron chi connectivity index (χ0n) is 14.6. The number of aromatic nitrogens is 4. The highest BCUT2D eigenvalue weighted by atomic mass is 32.1. The lowest BCUT2D eigenvalue weighted by Crippen LogP contribution is -2.12. The summed E-state index contributed by atoms with van der Waals surface area (Å²) in [4.78, 5) is 12.8. The Bertz CT molecular complexity index is 896. The Balaban J connectivity index is 1.45. The maximum absolute atomic E-state index is 12.2. The fourth-order valence-corrected chi connectivity index (χ4v) is 4.16. The minimum Gasteiger partial charge on any atom is -0.497 e. The van der Waals surface area contributed by atoms with Crippen molar-refractivity contribution >= 4 is 27.3 Å². The number of nitrogens with zero attached hydrogens (tertiary/aromatic N) is 4. The van der Waals surface area contributed by atoms with Crippen LogP contribution in [0.2, 0.25) is 0 Å². The maximum atomic E-state index is 12.2. The minimum atomic E-state index is 0.0212. The molecule has 1 aromatic carbocycles. The van der Waals surface area contributed by atoms with Gasteiger partial charge in [-0.3, -0.25) is 4.79 Å². The molecule has 1 aliphatic carbocycles. The summed E-state index contributed by atoms with van der Waals surface area (Å²) in [5.74, 6) is 2.15. The van der Waals surface area contributed by atoms with Gasteiger partial charge in [0.1, 0.15) is 5.75 Å².